The predicted molar refractivity (Wildman–Crippen MR) is 83.1 cm³/mol. The van der Waals surface area contributed by atoms with E-state index in [1.165, 1.54) is 12.4 Å². The Hall–Kier alpha value is -2.48. The number of piperazine rings is 1. The van der Waals surface area contributed by atoms with Gasteiger partial charge in [-0.15, -0.1) is 0 Å². The van der Waals surface area contributed by atoms with E-state index in [1.54, 1.807) is 12.4 Å². The lowest BCUT2D eigenvalue weighted by Crippen LogP contribution is -2.61. The van der Waals surface area contributed by atoms with Gasteiger partial charge >= 0.3 is 5.70 Å². The largest absolute Gasteiger partial charge is 0.369 e. The molecule has 0 amide bonds. The van der Waals surface area contributed by atoms with Crippen molar-refractivity contribution in [1.82, 2.24) is 15.2 Å². The summed E-state index contributed by atoms with van der Waals surface area (Å²) >= 11 is 0. The van der Waals surface area contributed by atoms with E-state index >= 15 is 0 Å². The second-order valence-electron chi connectivity index (χ2n) is 5.43. The van der Waals surface area contributed by atoms with Gasteiger partial charge in [-0.05, 0) is 19.1 Å². The molecular formula is C14H18N6O2. The number of hydrogen-bond acceptors (Lipinski definition) is 7. The summed E-state index contributed by atoms with van der Waals surface area (Å²) in [5.41, 5.74) is 1.14. The Morgan fingerprint density at radius 3 is 2.50 bits per heavy atom. The molecule has 8 nitrogen and oxygen atoms in total. The molecule has 0 radical (unpaired) electrons. The molecule has 3 rings (SSSR count). The highest BCUT2D eigenvalue weighted by atomic mass is 16.6. The number of nitrogens with one attached hydrogen (secondary N) is 1. The summed E-state index contributed by atoms with van der Waals surface area (Å²) in [6.07, 6.45) is 6.33. The summed E-state index contributed by atoms with van der Waals surface area (Å²) in [5, 5.41) is 13.8. The number of rotatable bonds is 3. The normalized spacial score (nSPS) is 25.5. The van der Waals surface area contributed by atoms with E-state index in [0.29, 0.717) is 0 Å². The lowest BCUT2D eigenvalue weighted by molar-refractivity contribution is -0.415. The summed E-state index contributed by atoms with van der Waals surface area (Å²) in [6.45, 7) is 5.33. The van der Waals surface area contributed by atoms with E-state index in [2.05, 4.69) is 25.1 Å². The molecule has 1 N–H and O–H groups in total. The van der Waals surface area contributed by atoms with Gasteiger partial charge in [-0.1, -0.05) is 0 Å². The molecule has 1 fully saturated rings. The van der Waals surface area contributed by atoms with Gasteiger partial charge in [-0.2, -0.15) is 0 Å². The van der Waals surface area contributed by atoms with Crippen LogP contribution in [0.5, 0.6) is 0 Å². The third-order valence-corrected chi connectivity index (χ3v) is 4.08. The van der Waals surface area contributed by atoms with Crippen LogP contribution in [-0.4, -0.2) is 53.0 Å². The van der Waals surface area contributed by atoms with Crippen LogP contribution >= 0.6 is 0 Å². The summed E-state index contributed by atoms with van der Waals surface area (Å²) in [4.78, 5) is 23.1. The highest BCUT2D eigenvalue weighted by Crippen LogP contribution is 2.22. The Morgan fingerprint density at radius 2 is 1.95 bits per heavy atom. The van der Waals surface area contributed by atoms with Crippen LogP contribution in [0.15, 0.2) is 41.4 Å². The van der Waals surface area contributed by atoms with E-state index in [1.807, 2.05) is 19.1 Å². The zero-order valence-electron chi connectivity index (χ0n) is 12.3. The zero-order chi connectivity index (χ0) is 15.6. The summed E-state index contributed by atoms with van der Waals surface area (Å²) in [7, 11) is 0. The SMILES string of the molecule is CC1(N2CCN(c3ccncc3)CC2)N=CC([N+](=O)[O-])=CN1. The van der Waals surface area contributed by atoms with Gasteiger partial charge in [0.25, 0.3) is 0 Å². The van der Waals surface area contributed by atoms with Crippen LogP contribution < -0.4 is 10.2 Å². The van der Waals surface area contributed by atoms with Crippen molar-refractivity contribution in [1.29, 1.82) is 0 Å². The smallest absolute Gasteiger partial charge is 0.302 e. The van der Waals surface area contributed by atoms with Crippen molar-refractivity contribution in [3.05, 3.63) is 46.5 Å². The first-order valence-electron chi connectivity index (χ1n) is 7.16. The highest BCUT2D eigenvalue weighted by molar-refractivity contribution is 5.76. The minimum atomic E-state index is -0.621. The van der Waals surface area contributed by atoms with Crippen LogP contribution in [0.4, 0.5) is 5.69 Å². The van der Waals surface area contributed by atoms with Gasteiger partial charge in [-0.3, -0.25) is 20.0 Å². The van der Waals surface area contributed by atoms with Gasteiger partial charge in [0, 0.05) is 44.3 Å². The molecule has 3 heterocycles. The number of pyridine rings is 1. The van der Waals surface area contributed by atoms with Crippen LogP contribution in [0.3, 0.4) is 0 Å². The summed E-state index contributed by atoms with van der Waals surface area (Å²) in [6, 6.07) is 4.00. The maximum absolute atomic E-state index is 10.7. The first kappa shape index (κ1) is 14.5. The van der Waals surface area contributed by atoms with Crippen molar-refractivity contribution in [2.24, 2.45) is 4.99 Å². The highest BCUT2D eigenvalue weighted by Gasteiger charge is 2.35. The number of aromatic nitrogens is 1. The minimum Gasteiger partial charge on any atom is -0.369 e. The summed E-state index contributed by atoms with van der Waals surface area (Å²) in [5.74, 6) is -0.621. The Morgan fingerprint density at radius 1 is 1.27 bits per heavy atom. The molecule has 116 valence electrons. The lowest BCUT2D eigenvalue weighted by atomic mass is 10.2. The van der Waals surface area contributed by atoms with Crippen LogP contribution in [0.2, 0.25) is 0 Å². The molecule has 0 bridgehead atoms. The fourth-order valence-corrected chi connectivity index (χ4v) is 2.70. The van der Waals surface area contributed by atoms with Crippen molar-refractivity contribution >= 4 is 11.9 Å². The van der Waals surface area contributed by atoms with Crippen molar-refractivity contribution < 1.29 is 4.92 Å². The van der Waals surface area contributed by atoms with Gasteiger partial charge in [0.05, 0.1) is 11.1 Å². The third kappa shape index (κ3) is 2.77. The van der Waals surface area contributed by atoms with Crippen molar-refractivity contribution in [3.8, 4) is 0 Å². The van der Waals surface area contributed by atoms with Crippen molar-refractivity contribution in [2.45, 2.75) is 12.7 Å². The van der Waals surface area contributed by atoms with E-state index in [-0.39, 0.29) is 5.70 Å². The number of aliphatic imine (C=N–C) groups is 1. The van der Waals surface area contributed by atoms with E-state index < -0.39 is 10.7 Å². The molecule has 2 aliphatic rings. The standard InChI is InChI=1S/C14H18N6O2/c1-14(16-10-13(11-17-14)20(21)22)19-8-6-18(7-9-19)12-2-4-15-5-3-12/h2-5,10-11,16H,6-9H2,1H3. The summed E-state index contributed by atoms with van der Waals surface area (Å²) < 4.78 is 0. The van der Waals surface area contributed by atoms with Gasteiger partial charge < -0.3 is 10.2 Å². The van der Waals surface area contributed by atoms with Crippen LogP contribution in [-0.2, 0) is 0 Å². The van der Waals surface area contributed by atoms with Crippen molar-refractivity contribution in [3.63, 3.8) is 0 Å². The average molecular weight is 302 g/mol. The monoisotopic (exact) mass is 302 g/mol. The van der Waals surface area contributed by atoms with Crippen molar-refractivity contribution in [2.75, 3.05) is 31.1 Å². The first-order chi connectivity index (χ1) is 10.6. The molecular weight excluding hydrogens is 284 g/mol. The van der Waals surface area contributed by atoms with E-state index in [0.717, 1.165) is 31.9 Å². The van der Waals surface area contributed by atoms with Gasteiger partial charge in [0.15, 0.2) is 5.79 Å². The average Bonchev–Trinajstić information content (AvgIpc) is 2.56. The van der Waals surface area contributed by atoms with Crippen LogP contribution in [0.25, 0.3) is 0 Å². The number of nitrogens with zero attached hydrogens (tertiary/aromatic N) is 5. The fourth-order valence-electron chi connectivity index (χ4n) is 2.70. The Labute approximate surface area is 128 Å². The zero-order valence-corrected chi connectivity index (χ0v) is 12.3. The van der Waals surface area contributed by atoms with Gasteiger partial charge in [0.1, 0.15) is 6.21 Å². The molecule has 0 aromatic carbocycles. The minimum absolute atomic E-state index is 0.0205. The van der Waals surface area contributed by atoms with Crippen LogP contribution in [0, 0.1) is 10.1 Å². The molecule has 1 unspecified atom stereocenters. The molecule has 1 saturated heterocycles. The van der Waals surface area contributed by atoms with Gasteiger partial charge in [0.2, 0.25) is 0 Å². The number of hydrogen-bond donors (Lipinski definition) is 1. The number of allylic oxidation sites excluding steroid dienone is 1. The van der Waals surface area contributed by atoms with E-state index in [4.69, 9.17) is 0 Å². The lowest BCUT2D eigenvalue weighted by Gasteiger charge is -2.44. The number of anilines is 1. The van der Waals surface area contributed by atoms with Gasteiger partial charge in [-0.25, -0.2) is 4.99 Å². The topological polar surface area (TPSA) is 86.9 Å². The molecule has 1 aromatic rings. The maximum Gasteiger partial charge on any atom is 0.302 e. The van der Waals surface area contributed by atoms with Crippen LogP contribution in [0.1, 0.15) is 6.92 Å². The molecule has 1 atom stereocenters. The Balaban J connectivity index is 1.62. The first-order valence-corrected chi connectivity index (χ1v) is 7.16. The van der Waals surface area contributed by atoms with E-state index in [9.17, 15) is 10.1 Å². The number of nitro groups is 1. The third-order valence-electron chi connectivity index (χ3n) is 4.08. The molecule has 0 saturated carbocycles. The molecule has 8 heteroatoms. The molecule has 0 aliphatic carbocycles. The fraction of sp³-hybridized carbons (Fsp3) is 0.429. The molecule has 0 spiro atoms. The molecule has 22 heavy (non-hydrogen) atoms. The molecule has 1 aromatic heterocycles. The maximum atomic E-state index is 10.7. The quantitative estimate of drug-likeness (QED) is 0.652. The Bertz CT molecular complexity index is 609. The molecule has 2 aliphatic heterocycles. The Kier molecular flexibility index (Phi) is 3.76. The second kappa shape index (κ2) is 5.72. The second-order valence-corrected chi connectivity index (χ2v) is 5.43. The predicted octanol–water partition coefficient (Wildman–Crippen LogP) is 0.669.